The molecule has 1 saturated heterocycles. The van der Waals surface area contributed by atoms with Gasteiger partial charge in [0.05, 0.1) is 19.3 Å². The van der Waals surface area contributed by atoms with Gasteiger partial charge in [-0.25, -0.2) is 0 Å². The largest absolute Gasteiger partial charge is 0.469 e. The van der Waals surface area contributed by atoms with Gasteiger partial charge in [-0.2, -0.15) is 5.10 Å². The lowest BCUT2D eigenvalue weighted by atomic mass is 10.1. The molecule has 108 valence electrons. The van der Waals surface area contributed by atoms with E-state index in [1.54, 1.807) is 0 Å². The molecule has 0 spiro atoms. The van der Waals surface area contributed by atoms with Gasteiger partial charge in [-0.1, -0.05) is 11.3 Å². The molecule has 1 aliphatic heterocycles. The maximum absolute atomic E-state index is 5.38. The highest BCUT2D eigenvalue weighted by atomic mass is 32.1. The Hall–Kier alpha value is -1.47. The summed E-state index contributed by atoms with van der Waals surface area (Å²) in [6.45, 7) is 4.53. The molecule has 3 rings (SSSR count). The Morgan fingerprint density at radius 1 is 1.45 bits per heavy atom. The highest BCUT2D eigenvalue weighted by molar-refractivity contribution is 7.13. The summed E-state index contributed by atoms with van der Waals surface area (Å²) in [6, 6.07) is 0.447. The predicted molar refractivity (Wildman–Crippen MR) is 76.7 cm³/mol. The molecule has 20 heavy (non-hydrogen) atoms. The molecule has 1 atom stereocenters. The van der Waals surface area contributed by atoms with E-state index in [1.165, 1.54) is 29.7 Å². The van der Waals surface area contributed by atoms with Gasteiger partial charge in [-0.15, -0.1) is 10.2 Å². The number of hydrogen-bond donors (Lipinski definition) is 0. The monoisotopic (exact) mass is 293 g/mol. The molecule has 1 aliphatic rings. The van der Waals surface area contributed by atoms with Gasteiger partial charge in [0.15, 0.2) is 0 Å². The van der Waals surface area contributed by atoms with Crippen LogP contribution in [0.2, 0.25) is 0 Å². The number of ether oxygens (including phenoxy) is 1. The Morgan fingerprint density at radius 3 is 3.10 bits per heavy atom. The second kappa shape index (κ2) is 5.88. The molecule has 0 aliphatic carbocycles. The zero-order valence-corrected chi connectivity index (χ0v) is 12.6. The molecular formula is C13H19N5OS. The van der Waals surface area contributed by atoms with Crippen molar-refractivity contribution in [3.8, 4) is 5.19 Å². The lowest BCUT2D eigenvalue weighted by molar-refractivity contribution is 0.247. The second-order valence-electron chi connectivity index (χ2n) is 4.97. The second-order valence-corrected chi connectivity index (χ2v) is 6.00. The Morgan fingerprint density at radius 2 is 2.35 bits per heavy atom. The Bertz CT molecular complexity index is 567. The topological polar surface area (TPSA) is 56.1 Å². The molecular weight excluding hydrogens is 274 g/mol. The van der Waals surface area contributed by atoms with Gasteiger partial charge in [0, 0.05) is 24.8 Å². The number of rotatable bonds is 5. The summed E-state index contributed by atoms with van der Waals surface area (Å²) in [6.07, 6.45) is 6.48. The first kappa shape index (κ1) is 13.5. The summed E-state index contributed by atoms with van der Waals surface area (Å²) >= 11 is 1.54. The van der Waals surface area contributed by atoms with Crippen molar-refractivity contribution in [1.29, 1.82) is 0 Å². The van der Waals surface area contributed by atoms with E-state index in [1.807, 2.05) is 24.9 Å². The van der Waals surface area contributed by atoms with Crippen LogP contribution in [0.4, 0.5) is 0 Å². The SMILES string of the molecule is CCOc1nnc(CN2CCC[C@@H]2c2cnn(C)c2)s1. The molecule has 0 radical (unpaired) electrons. The lowest BCUT2D eigenvalue weighted by Crippen LogP contribution is -2.22. The molecule has 6 nitrogen and oxygen atoms in total. The van der Waals surface area contributed by atoms with E-state index in [0.717, 1.165) is 18.1 Å². The van der Waals surface area contributed by atoms with Gasteiger partial charge in [-0.3, -0.25) is 9.58 Å². The molecule has 3 heterocycles. The molecule has 0 bridgehead atoms. The van der Waals surface area contributed by atoms with Crippen molar-refractivity contribution >= 4 is 11.3 Å². The van der Waals surface area contributed by atoms with Gasteiger partial charge in [0.2, 0.25) is 0 Å². The predicted octanol–water partition coefficient (Wildman–Crippen LogP) is 2.01. The first-order chi connectivity index (χ1) is 9.76. The van der Waals surface area contributed by atoms with Crippen molar-refractivity contribution in [1.82, 2.24) is 24.9 Å². The van der Waals surface area contributed by atoms with Crippen LogP contribution in [0.5, 0.6) is 5.19 Å². The van der Waals surface area contributed by atoms with Gasteiger partial charge in [0.25, 0.3) is 5.19 Å². The number of hydrogen-bond acceptors (Lipinski definition) is 6. The molecule has 0 saturated carbocycles. The van der Waals surface area contributed by atoms with Gasteiger partial charge in [0.1, 0.15) is 5.01 Å². The minimum atomic E-state index is 0.447. The summed E-state index contributed by atoms with van der Waals surface area (Å²) in [5.41, 5.74) is 1.29. The summed E-state index contributed by atoms with van der Waals surface area (Å²) in [7, 11) is 1.96. The van der Waals surface area contributed by atoms with E-state index >= 15 is 0 Å². The van der Waals surface area contributed by atoms with Crippen LogP contribution in [-0.2, 0) is 13.6 Å². The van der Waals surface area contributed by atoms with E-state index < -0.39 is 0 Å². The Labute approximate surface area is 122 Å². The zero-order chi connectivity index (χ0) is 13.9. The smallest absolute Gasteiger partial charge is 0.294 e. The molecule has 0 amide bonds. The third kappa shape index (κ3) is 2.83. The van der Waals surface area contributed by atoms with E-state index in [2.05, 4.69) is 26.4 Å². The van der Waals surface area contributed by atoms with Gasteiger partial charge < -0.3 is 4.74 Å². The van der Waals surface area contributed by atoms with Crippen LogP contribution in [0, 0.1) is 0 Å². The zero-order valence-electron chi connectivity index (χ0n) is 11.8. The fourth-order valence-electron chi connectivity index (χ4n) is 2.66. The molecule has 0 N–H and O–H groups in total. The Kier molecular flexibility index (Phi) is 3.98. The van der Waals surface area contributed by atoms with E-state index in [0.29, 0.717) is 17.8 Å². The lowest BCUT2D eigenvalue weighted by Gasteiger charge is -2.21. The number of aryl methyl sites for hydroxylation is 1. The van der Waals surface area contributed by atoms with E-state index in [9.17, 15) is 0 Å². The normalized spacial score (nSPS) is 19.6. The minimum absolute atomic E-state index is 0.447. The third-order valence-electron chi connectivity index (χ3n) is 3.53. The molecule has 0 unspecified atom stereocenters. The van der Waals surface area contributed by atoms with Crippen LogP contribution in [0.15, 0.2) is 12.4 Å². The number of aromatic nitrogens is 4. The molecule has 0 aromatic carbocycles. The van der Waals surface area contributed by atoms with Gasteiger partial charge in [-0.05, 0) is 26.3 Å². The minimum Gasteiger partial charge on any atom is -0.469 e. The quantitative estimate of drug-likeness (QED) is 0.844. The van der Waals surface area contributed by atoms with Crippen LogP contribution in [0.25, 0.3) is 0 Å². The molecule has 7 heteroatoms. The van der Waals surface area contributed by atoms with Crippen molar-refractivity contribution in [3.63, 3.8) is 0 Å². The Balaban J connectivity index is 1.69. The summed E-state index contributed by atoms with van der Waals surface area (Å²) in [5, 5.41) is 14.2. The van der Waals surface area contributed by atoms with Crippen LogP contribution >= 0.6 is 11.3 Å². The highest BCUT2D eigenvalue weighted by Crippen LogP contribution is 2.33. The summed E-state index contributed by atoms with van der Waals surface area (Å²) < 4.78 is 7.24. The van der Waals surface area contributed by atoms with Crippen LogP contribution in [0.1, 0.15) is 36.4 Å². The van der Waals surface area contributed by atoms with E-state index in [-0.39, 0.29) is 0 Å². The number of nitrogens with zero attached hydrogens (tertiary/aromatic N) is 5. The van der Waals surface area contributed by atoms with Crippen LogP contribution in [0.3, 0.4) is 0 Å². The first-order valence-electron chi connectivity index (χ1n) is 6.94. The highest BCUT2D eigenvalue weighted by Gasteiger charge is 2.27. The standard InChI is InChI=1S/C13H19N5OS/c1-3-19-13-16-15-12(20-13)9-18-6-4-5-11(18)10-7-14-17(2)8-10/h7-8,11H,3-6,9H2,1-2H3/t11-/m1/s1. The average molecular weight is 293 g/mol. The van der Waals surface area contributed by atoms with Crippen molar-refractivity contribution in [2.24, 2.45) is 7.05 Å². The summed E-state index contributed by atoms with van der Waals surface area (Å²) in [5.74, 6) is 0. The van der Waals surface area contributed by atoms with Gasteiger partial charge >= 0.3 is 0 Å². The van der Waals surface area contributed by atoms with Crippen molar-refractivity contribution in [3.05, 3.63) is 23.0 Å². The third-order valence-corrected chi connectivity index (χ3v) is 4.35. The summed E-state index contributed by atoms with van der Waals surface area (Å²) in [4.78, 5) is 2.45. The average Bonchev–Trinajstić information content (AvgIpc) is 3.12. The maximum Gasteiger partial charge on any atom is 0.294 e. The maximum atomic E-state index is 5.38. The van der Waals surface area contributed by atoms with Crippen LogP contribution < -0.4 is 4.74 Å². The fraction of sp³-hybridized carbons (Fsp3) is 0.615. The van der Waals surface area contributed by atoms with Crippen molar-refractivity contribution in [2.75, 3.05) is 13.2 Å². The van der Waals surface area contributed by atoms with E-state index in [4.69, 9.17) is 4.74 Å². The number of likely N-dealkylation sites (tertiary alicyclic amines) is 1. The molecule has 2 aromatic rings. The molecule has 1 fully saturated rings. The van der Waals surface area contributed by atoms with Crippen molar-refractivity contribution < 1.29 is 4.74 Å². The van der Waals surface area contributed by atoms with Crippen molar-refractivity contribution in [2.45, 2.75) is 32.4 Å². The first-order valence-corrected chi connectivity index (χ1v) is 7.75. The molecule has 2 aromatic heterocycles. The fourth-order valence-corrected chi connectivity index (χ4v) is 3.43. The van der Waals surface area contributed by atoms with Crippen LogP contribution in [-0.4, -0.2) is 38.0 Å².